The maximum absolute atomic E-state index is 11.6. The third-order valence-electron chi connectivity index (χ3n) is 2.35. The van der Waals surface area contributed by atoms with Gasteiger partial charge in [0, 0.05) is 12.6 Å². The molecule has 0 bridgehead atoms. The van der Waals surface area contributed by atoms with Gasteiger partial charge in [-0.1, -0.05) is 13.8 Å². The van der Waals surface area contributed by atoms with Crippen LogP contribution in [0.2, 0.25) is 0 Å². The van der Waals surface area contributed by atoms with Gasteiger partial charge in [-0.2, -0.15) is 4.31 Å². The lowest BCUT2D eigenvalue weighted by Crippen LogP contribution is -2.44. The molecule has 1 N–H and O–H groups in total. The topological polar surface area (TPSA) is 66.5 Å². The predicted octanol–water partition coefficient (Wildman–Crippen LogP) is 0.819. The van der Waals surface area contributed by atoms with Crippen LogP contribution in [0.3, 0.4) is 0 Å². The Hall–Kier alpha value is -0.620. The first-order chi connectivity index (χ1) is 7.64. The molecule has 0 aromatic carbocycles. The Balaban J connectivity index is 4.25. The number of nitrogens with zero attached hydrogens (tertiary/aromatic N) is 1. The van der Waals surface area contributed by atoms with E-state index < -0.39 is 10.0 Å². The Kier molecular flexibility index (Phi) is 6.70. The van der Waals surface area contributed by atoms with Gasteiger partial charge in [0.1, 0.15) is 0 Å². The largest absolute Gasteiger partial charge is 0.355 e. The van der Waals surface area contributed by atoms with Crippen molar-refractivity contribution in [1.82, 2.24) is 9.62 Å². The molecular formula is C11H24N2O3S. The summed E-state index contributed by atoms with van der Waals surface area (Å²) < 4.78 is 24.1. The SMILES string of the molecule is CC(C)CCNC(=O)CN(C(C)C)S(C)(=O)=O. The fraction of sp³-hybridized carbons (Fsp3) is 0.909. The Morgan fingerprint density at radius 1 is 1.24 bits per heavy atom. The van der Waals surface area contributed by atoms with E-state index in [-0.39, 0.29) is 18.5 Å². The standard InChI is InChI=1S/C11H24N2O3S/c1-9(2)6-7-12-11(14)8-13(10(3)4)17(5,15)16/h9-10H,6-8H2,1-5H3,(H,12,14). The van der Waals surface area contributed by atoms with Crippen LogP contribution in [-0.4, -0.2) is 44.0 Å². The van der Waals surface area contributed by atoms with Gasteiger partial charge in [0.25, 0.3) is 0 Å². The lowest BCUT2D eigenvalue weighted by molar-refractivity contribution is -0.121. The first kappa shape index (κ1) is 16.4. The molecule has 0 aromatic rings. The van der Waals surface area contributed by atoms with Crippen LogP contribution < -0.4 is 5.32 Å². The summed E-state index contributed by atoms with van der Waals surface area (Å²) in [6.07, 6.45) is 2.01. The summed E-state index contributed by atoms with van der Waals surface area (Å²) in [5.41, 5.74) is 0. The highest BCUT2D eigenvalue weighted by Gasteiger charge is 2.22. The second kappa shape index (κ2) is 6.96. The molecule has 0 heterocycles. The number of sulfonamides is 1. The Bertz CT molecular complexity index is 337. The van der Waals surface area contributed by atoms with Crippen molar-refractivity contribution in [2.75, 3.05) is 19.3 Å². The molecule has 0 aliphatic heterocycles. The predicted molar refractivity (Wildman–Crippen MR) is 69.2 cm³/mol. The average Bonchev–Trinajstić information content (AvgIpc) is 2.11. The first-order valence-electron chi connectivity index (χ1n) is 5.88. The fourth-order valence-electron chi connectivity index (χ4n) is 1.38. The van der Waals surface area contributed by atoms with Crippen molar-refractivity contribution in [2.24, 2.45) is 5.92 Å². The summed E-state index contributed by atoms with van der Waals surface area (Å²) in [6.45, 7) is 8.14. The van der Waals surface area contributed by atoms with Crippen LogP contribution in [0.1, 0.15) is 34.1 Å². The van der Waals surface area contributed by atoms with E-state index in [2.05, 4.69) is 19.2 Å². The molecule has 0 fully saturated rings. The third kappa shape index (κ3) is 7.33. The van der Waals surface area contributed by atoms with E-state index in [1.54, 1.807) is 13.8 Å². The van der Waals surface area contributed by atoms with Crippen LogP contribution in [-0.2, 0) is 14.8 Å². The molecule has 102 valence electrons. The lowest BCUT2D eigenvalue weighted by Gasteiger charge is -2.23. The van der Waals surface area contributed by atoms with Crippen LogP contribution in [0.4, 0.5) is 0 Å². The molecule has 0 rings (SSSR count). The summed E-state index contributed by atoms with van der Waals surface area (Å²) in [4.78, 5) is 11.6. The molecule has 0 saturated heterocycles. The van der Waals surface area contributed by atoms with Crippen molar-refractivity contribution < 1.29 is 13.2 Å². The highest BCUT2D eigenvalue weighted by molar-refractivity contribution is 7.88. The molecule has 0 unspecified atom stereocenters. The second-order valence-electron chi connectivity index (χ2n) is 4.93. The summed E-state index contributed by atoms with van der Waals surface area (Å²) in [5.74, 6) is 0.274. The number of rotatable bonds is 7. The molecule has 0 saturated carbocycles. The molecule has 0 aliphatic rings. The quantitative estimate of drug-likeness (QED) is 0.740. The van der Waals surface area contributed by atoms with Crippen LogP contribution in [0, 0.1) is 5.92 Å². The molecule has 0 spiro atoms. The van der Waals surface area contributed by atoms with E-state index in [1.165, 1.54) is 4.31 Å². The zero-order valence-corrected chi connectivity index (χ0v) is 12.2. The zero-order chi connectivity index (χ0) is 13.6. The van der Waals surface area contributed by atoms with Gasteiger partial charge in [0.2, 0.25) is 15.9 Å². The van der Waals surface area contributed by atoms with E-state index in [4.69, 9.17) is 0 Å². The maximum Gasteiger partial charge on any atom is 0.235 e. The van der Waals surface area contributed by atoms with Gasteiger partial charge in [-0.25, -0.2) is 8.42 Å². The third-order valence-corrected chi connectivity index (χ3v) is 3.75. The van der Waals surface area contributed by atoms with Gasteiger partial charge in [-0.15, -0.1) is 0 Å². The summed E-state index contributed by atoms with van der Waals surface area (Å²) in [7, 11) is -3.33. The van der Waals surface area contributed by atoms with Crippen molar-refractivity contribution in [2.45, 2.75) is 40.2 Å². The van der Waals surface area contributed by atoms with Crippen molar-refractivity contribution in [3.8, 4) is 0 Å². The highest BCUT2D eigenvalue weighted by Crippen LogP contribution is 2.04. The van der Waals surface area contributed by atoms with Gasteiger partial charge in [0.15, 0.2) is 0 Å². The monoisotopic (exact) mass is 264 g/mol. The Morgan fingerprint density at radius 3 is 2.12 bits per heavy atom. The van der Waals surface area contributed by atoms with Crippen LogP contribution in [0.25, 0.3) is 0 Å². The van der Waals surface area contributed by atoms with Crippen LogP contribution in [0.15, 0.2) is 0 Å². The number of carbonyl (C=O) groups excluding carboxylic acids is 1. The van der Waals surface area contributed by atoms with Gasteiger partial charge in [0.05, 0.1) is 12.8 Å². The van der Waals surface area contributed by atoms with Crippen LogP contribution >= 0.6 is 0 Å². The number of hydrogen-bond donors (Lipinski definition) is 1. The Labute approximate surface area is 105 Å². The average molecular weight is 264 g/mol. The summed E-state index contributed by atoms with van der Waals surface area (Å²) >= 11 is 0. The van der Waals surface area contributed by atoms with Gasteiger partial charge in [-0.3, -0.25) is 4.79 Å². The fourth-order valence-corrected chi connectivity index (χ4v) is 2.50. The Morgan fingerprint density at radius 2 is 1.76 bits per heavy atom. The van der Waals surface area contributed by atoms with Crippen LogP contribution in [0.5, 0.6) is 0 Å². The van der Waals surface area contributed by atoms with E-state index in [0.717, 1.165) is 12.7 Å². The van der Waals surface area contributed by atoms with Crippen molar-refractivity contribution in [3.63, 3.8) is 0 Å². The van der Waals surface area contributed by atoms with E-state index in [1.807, 2.05) is 0 Å². The minimum absolute atomic E-state index is 0.103. The van der Waals surface area contributed by atoms with Gasteiger partial charge < -0.3 is 5.32 Å². The highest BCUT2D eigenvalue weighted by atomic mass is 32.2. The molecule has 1 amide bonds. The molecule has 5 nitrogen and oxygen atoms in total. The van der Waals surface area contributed by atoms with Gasteiger partial charge >= 0.3 is 0 Å². The molecule has 0 radical (unpaired) electrons. The van der Waals surface area contributed by atoms with E-state index in [0.29, 0.717) is 12.5 Å². The molecule has 0 atom stereocenters. The molecule has 0 aliphatic carbocycles. The van der Waals surface area contributed by atoms with Crippen molar-refractivity contribution in [3.05, 3.63) is 0 Å². The minimum Gasteiger partial charge on any atom is -0.355 e. The lowest BCUT2D eigenvalue weighted by atomic mass is 10.1. The second-order valence-corrected chi connectivity index (χ2v) is 6.87. The molecule has 0 aromatic heterocycles. The number of amides is 1. The number of hydrogen-bond acceptors (Lipinski definition) is 3. The smallest absolute Gasteiger partial charge is 0.235 e. The van der Waals surface area contributed by atoms with Crippen molar-refractivity contribution >= 4 is 15.9 Å². The number of carbonyl (C=O) groups is 1. The van der Waals surface area contributed by atoms with Gasteiger partial charge in [-0.05, 0) is 26.2 Å². The first-order valence-corrected chi connectivity index (χ1v) is 7.73. The molecule has 6 heteroatoms. The molecule has 17 heavy (non-hydrogen) atoms. The van der Waals surface area contributed by atoms with E-state index >= 15 is 0 Å². The minimum atomic E-state index is -3.33. The summed E-state index contributed by atoms with van der Waals surface area (Å²) in [5, 5.41) is 2.73. The molecular weight excluding hydrogens is 240 g/mol. The maximum atomic E-state index is 11.6. The van der Waals surface area contributed by atoms with Crippen molar-refractivity contribution in [1.29, 1.82) is 0 Å². The zero-order valence-electron chi connectivity index (χ0n) is 11.4. The summed E-state index contributed by atoms with van der Waals surface area (Å²) in [6, 6.07) is -0.208. The normalized spacial score (nSPS) is 12.5. The number of nitrogens with one attached hydrogen (secondary N) is 1. The van der Waals surface area contributed by atoms with E-state index in [9.17, 15) is 13.2 Å².